The van der Waals surface area contributed by atoms with Gasteiger partial charge in [0, 0.05) is 19.1 Å². The Kier molecular flexibility index (Phi) is 3.43. The Labute approximate surface area is 106 Å². The van der Waals surface area contributed by atoms with E-state index in [0.717, 1.165) is 31.4 Å². The Balaban J connectivity index is 2.14. The van der Waals surface area contributed by atoms with Crippen LogP contribution < -0.4 is 5.32 Å². The van der Waals surface area contributed by atoms with Gasteiger partial charge in [-0.15, -0.1) is 11.6 Å². The van der Waals surface area contributed by atoms with Gasteiger partial charge in [0.2, 0.25) is 0 Å². The standard InChI is InChI=1S/C12H18ClN3O/c1-3-10-9(7-16(2)15-10)11(17)14-12(8-13)5-4-6-12/h7H,3-6,8H2,1-2H3,(H,14,17). The molecule has 0 bridgehead atoms. The monoisotopic (exact) mass is 255 g/mol. The molecule has 1 amide bonds. The molecule has 4 nitrogen and oxygen atoms in total. The van der Waals surface area contributed by atoms with Crippen LogP contribution in [0.3, 0.4) is 0 Å². The van der Waals surface area contributed by atoms with Crippen molar-refractivity contribution in [1.82, 2.24) is 15.1 Å². The fourth-order valence-corrected chi connectivity index (χ4v) is 2.52. The highest BCUT2D eigenvalue weighted by Gasteiger charge is 2.38. The van der Waals surface area contributed by atoms with E-state index in [1.807, 2.05) is 14.0 Å². The molecule has 0 unspecified atom stereocenters. The van der Waals surface area contributed by atoms with Gasteiger partial charge in [-0.3, -0.25) is 9.48 Å². The van der Waals surface area contributed by atoms with Gasteiger partial charge >= 0.3 is 0 Å². The first-order chi connectivity index (χ1) is 8.10. The molecule has 94 valence electrons. The third-order valence-electron chi connectivity index (χ3n) is 3.43. The van der Waals surface area contributed by atoms with Gasteiger partial charge in [-0.05, 0) is 25.7 Å². The summed E-state index contributed by atoms with van der Waals surface area (Å²) in [5, 5.41) is 7.33. The van der Waals surface area contributed by atoms with E-state index in [4.69, 9.17) is 11.6 Å². The maximum absolute atomic E-state index is 12.2. The van der Waals surface area contributed by atoms with Crippen LogP contribution in [-0.2, 0) is 13.5 Å². The average molecular weight is 256 g/mol. The topological polar surface area (TPSA) is 46.9 Å². The summed E-state index contributed by atoms with van der Waals surface area (Å²) in [5.74, 6) is 0.441. The zero-order valence-corrected chi connectivity index (χ0v) is 11.0. The minimum absolute atomic E-state index is 0.0460. The molecule has 0 spiro atoms. The van der Waals surface area contributed by atoms with Crippen molar-refractivity contribution in [2.75, 3.05) is 5.88 Å². The molecule has 1 saturated carbocycles. The van der Waals surface area contributed by atoms with Crippen LogP contribution in [-0.4, -0.2) is 27.1 Å². The fourth-order valence-electron chi connectivity index (χ4n) is 2.19. The first-order valence-corrected chi connectivity index (χ1v) is 6.54. The number of aryl methyl sites for hydroxylation is 2. The molecular formula is C12H18ClN3O. The molecule has 17 heavy (non-hydrogen) atoms. The molecule has 0 radical (unpaired) electrons. The van der Waals surface area contributed by atoms with Crippen LogP contribution in [0.2, 0.25) is 0 Å². The van der Waals surface area contributed by atoms with Crippen LogP contribution in [0.1, 0.15) is 42.2 Å². The minimum Gasteiger partial charge on any atom is -0.345 e. The Morgan fingerprint density at radius 1 is 1.65 bits per heavy atom. The highest BCUT2D eigenvalue weighted by molar-refractivity contribution is 6.19. The highest BCUT2D eigenvalue weighted by Crippen LogP contribution is 2.33. The Morgan fingerprint density at radius 2 is 2.35 bits per heavy atom. The second kappa shape index (κ2) is 4.69. The number of halogens is 1. The Bertz CT molecular complexity index is 418. The van der Waals surface area contributed by atoms with Crippen LogP contribution in [0.25, 0.3) is 0 Å². The molecule has 2 rings (SSSR count). The number of amides is 1. The molecule has 1 fully saturated rings. The largest absolute Gasteiger partial charge is 0.345 e. The maximum Gasteiger partial charge on any atom is 0.255 e. The summed E-state index contributed by atoms with van der Waals surface area (Å²) in [4.78, 5) is 12.2. The van der Waals surface area contributed by atoms with E-state index >= 15 is 0 Å². The van der Waals surface area contributed by atoms with Crippen LogP contribution in [0.4, 0.5) is 0 Å². The summed E-state index contributed by atoms with van der Waals surface area (Å²) in [7, 11) is 1.83. The lowest BCUT2D eigenvalue weighted by Gasteiger charge is -2.40. The lowest BCUT2D eigenvalue weighted by atomic mass is 9.78. The molecule has 1 aliphatic carbocycles. The van der Waals surface area contributed by atoms with E-state index in [1.165, 1.54) is 0 Å². The second-order valence-electron chi connectivity index (χ2n) is 4.74. The predicted molar refractivity (Wildman–Crippen MR) is 67.4 cm³/mol. The normalized spacial score (nSPS) is 17.6. The summed E-state index contributed by atoms with van der Waals surface area (Å²) in [5.41, 5.74) is 1.33. The summed E-state index contributed by atoms with van der Waals surface area (Å²) in [6, 6.07) is 0. The molecule has 1 heterocycles. The van der Waals surface area contributed by atoms with Crippen molar-refractivity contribution in [1.29, 1.82) is 0 Å². The SMILES string of the molecule is CCc1nn(C)cc1C(=O)NC1(CCl)CCC1. The third kappa shape index (κ3) is 2.32. The Morgan fingerprint density at radius 3 is 2.82 bits per heavy atom. The van der Waals surface area contributed by atoms with E-state index in [-0.39, 0.29) is 11.4 Å². The van der Waals surface area contributed by atoms with E-state index in [1.54, 1.807) is 10.9 Å². The van der Waals surface area contributed by atoms with Crippen LogP contribution in [0, 0.1) is 0 Å². The second-order valence-corrected chi connectivity index (χ2v) is 5.01. The quantitative estimate of drug-likeness (QED) is 0.835. The van der Waals surface area contributed by atoms with Gasteiger partial charge in [-0.2, -0.15) is 5.10 Å². The number of carbonyl (C=O) groups excluding carboxylic acids is 1. The lowest BCUT2D eigenvalue weighted by Crippen LogP contribution is -2.55. The smallest absolute Gasteiger partial charge is 0.255 e. The molecule has 1 aromatic heterocycles. The predicted octanol–water partition coefficient (Wildman–Crippen LogP) is 1.87. The van der Waals surface area contributed by atoms with Crippen LogP contribution in [0.15, 0.2) is 6.20 Å². The zero-order chi connectivity index (χ0) is 12.5. The minimum atomic E-state index is -0.181. The number of nitrogens with one attached hydrogen (secondary N) is 1. The molecular weight excluding hydrogens is 238 g/mol. The molecule has 1 aliphatic rings. The van der Waals surface area contributed by atoms with Crippen LogP contribution >= 0.6 is 11.6 Å². The van der Waals surface area contributed by atoms with E-state index in [0.29, 0.717) is 11.4 Å². The van der Waals surface area contributed by atoms with Crippen molar-refractivity contribution in [2.24, 2.45) is 7.05 Å². The molecule has 0 atom stereocenters. The molecule has 1 N–H and O–H groups in total. The van der Waals surface area contributed by atoms with Crippen molar-refractivity contribution in [3.8, 4) is 0 Å². The van der Waals surface area contributed by atoms with Gasteiger partial charge in [-0.1, -0.05) is 6.92 Å². The molecule has 5 heteroatoms. The summed E-state index contributed by atoms with van der Waals surface area (Å²) in [6.07, 6.45) is 5.63. The van der Waals surface area contributed by atoms with Gasteiger partial charge < -0.3 is 5.32 Å². The Hall–Kier alpha value is -1.03. The zero-order valence-electron chi connectivity index (χ0n) is 10.3. The average Bonchev–Trinajstić information content (AvgIpc) is 2.65. The molecule has 1 aromatic rings. The van der Waals surface area contributed by atoms with Crippen molar-refractivity contribution in [3.05, 3.63) is 17.5 Å². The molecule has 0 aromatic carbocycles. The highest BCUT2D eigenvalue weighted by atomic mass is 35.5. The number of hydrogen-bond acceptors (Lipinski definition) is 2. The third-order valence-corrected chi connectivity index (χ3v) is 3.94. The number of rotatable bonds is 4. The van der Waals surface area contributed by atoms with Gasteiger partial charge in [0.25, 0.3) is 5.91 Å². The number of alkyl halides is 1. The summed E-state index contributed by atoms with van der Waals surface area (Å²) in [6.45, 7) is 2.00. The lowest BCUT2D eigenvalue weighted by molar-refractivity contribution is 0.0853. The fraction of sp³-hybridized carbons (Fsp3) is 0.667. The van der Waals surface area contributed by atoms with E-state index in [2.05, 4.69) is 10.4 Å². The van der Waals surface area contributed by atoms with Gasteiger partial charge in [-0.25, -0.2) is 0 Å². The van der Waals surface area contributed by atoms with Crippen molar-refractivity contribution in [2.45, 2.75) is 38.1 Å². The van der Waals surface area contributed by atoms with E-state index < -0.39 is 0 Å². The number of nitrogens with zero attached hydrogens (tertiary/aromatic N) is 2. The maximum atomic E-state index is 12.2. The van der Waals surface area contributed by atoms with Crippen molar-refractivity contribution in [3.63, 3.8) is 0 Å². The van der Waals surface area contributed by atoms with E-state index in [9.17, 15) is 4.79 Å². The number of aromatic nitrogens is 2. The molecule has 0 saturated heterocycles. The first-order valence-electron chi connectivity index (χ1n) is 6.01. The van der Waals surface area contributed by atoms with Crippen LogP contribution in [0.5, 0.6) is 0 Å². The molecule has 0 aliphatic heterocycles. The van der Waals surface area contributed by atoms with Gasteiger partial charge in [0.1, 0.15) is 0 Å². The summed E-state index contributed by atoms with van der Waals surface area (Å²) >= 11 is 5.93. The summed E-state index contributed by atoms with van der Waals surface area (Å²) < 4.78 is 1.68. The van der Waals surface area contributed by atoms with Gasteiger partial charge in [0.15, 0.2) is 0 Å². The van der Waals surface area contributed by atoms with Gasteiger partial charge in [0.05, 0.1) is 16.8 Å². The van der Waals surface area contributed by atoms with Crippen molar-refractivity contribution >= 4 is 17.5 Å². The van der Waals surface area contributed by atoms with Crippen molar-refractivity contribution < 1.29 is 4.79 Å². The number of hydrogen-bond donors (Lipinski definition) is 1. The number of carbonyl (C=O) groups is 1. The first kappa shape index (κ1) is 12.4.